The highest BCUT2D eigenvalue weighted by molar-refractivity contribution is 9.10. The van der Waals surface area contributed by atoms with Crippen LogP contribution in [0.4, 0.5) is 5.82 Å². The molecule has 2 fully saturated rings. The number of hydrogen-bond donors (Lipinski definition) is 1. The van der Waals surface area contributed by atoms with Crippen LogP contribution < -0.4 is 5.32 Å². The summed E-state index contributed by atoms with van der Waals surface area (Å²) in [5.41, 5.74) is 4.17. The number of ketones is 1. The summed E-state index contributed by atoms with van der Waals surface area (Å²) in [6.07, 6.45) is 6.11. The van der Waals surface area contributed by atoms with Gasteiger partial charge in [0.1, 0.15) is 28.8 Å². The molecular weight excluding hydrogens is 584 g/mol. The average molecular weight is 617 g/mol. The summed E-state index contributed by atoms with van der Waals surface area (Å²) in [5.74, 6) is 0.263. The molecule has 0 unspecified atom stereocenters. The van der Waals surface area contributed by atoms with E-state index in [-0.39, 0.29) is 24.1 Å². The molecule has 1 aliphatic heterocycles. The van der Waals surface area contributed by atoms with Crippen molar-refractivity contribution in [3.8, 4) is 11.1 Å². The molecule has 4 aromatic rings. The van der Waals surface area contributed by atoms with Gasteiger partial charge in [-0.15, -0.1) is 0 Å². The molecule has 9 nitrogen and oxygen atoms in total. The Hall–Kier alpha value is -3.92. The predicted molar refractivity (Wildman–Crippen MR) is 160 cm³/mol. The summed E-state index contributed by atoms with van der Waals surface area (Å²) < 4.78 is 11.5. The zero-order chi connectivity index (χ0) is 30.1. The van der Waals surface area contributed by atoms with Gasteiger partial charge in [0.25, 0.3) is 0 Å². The van der Waals surface area contributed by atoms with Gasteiger partial charge in [-0.05, 0) is 96.8 Å². The Morgan fingerprint density at radius 3 is 2.54 bits per heavy atom. The number of likely N-dealkylation sites (tertiary alicyclic amines) is 1. The molecule has 3 aromatic heterocycles. The first-order chi connectivity index (χ1) is 19.8. The van der Waals surface area contributed by atoms with Crippen molar-refractivity contribution < 1.29 is 15.8 Å². The molecule has 1 aromatic carbocycles. The van der Waals surface area contributed by atoms with E-state index in [9.17, 15) is 14.4 Å². The lowest BCUT2D eigenvalue weighted by atomic mass is 10.0. The third-order valence-corrected chi connectivity index (χ3v) is 8.66. The van der Waals surface area contributed by atoms with Crippen LogP contribution in [0.25, 0.3) is 22.0 Å². The molecule has 0 radical (unpaired) electrons. The fraction of sp³-hybridized carbons (Fsp3) is 0.355. The summed E-state index contributed by atoms with van der Waals surface area (Å²) in [4.78, 5) is 54.7. The van der Waals surface area contributed by atoms with Crippen LogP contribution in [0.5, 0.6) is 0 Å². The molecular formula is C31H31BrN6O3. The van der Waals surface area contributed by atoms with E-state index in [0.29, 0.717) is 34.7 Å². The number of aromatic nitrogens is 4. The average Bonchev–Trinajstić information content (AvgIpc) is 3.18. The van der Waals surface area contributed by atoms with Crippen LogP contribution in [-0.4, -0.2) is 54.1 Å². The molecule has 2 amide bonds. The molecule has 0 spiro atoms. The fourth-order valence-electron chi connectivity index (χ4n) is 5.95. The monoisotopic (exact) mass is 615 g/mol. The summed E-state index contributed by atoms with van der Waals surface area (Å²) in [6, 6.07) is 5.59. The van der Waals surface area contributed by atoms with Crippen molar-refractivity contribution in [3.05, 3.63) is 70.0 Å². The van der Waals surface area contributed by atoms with E-state index in [4.69, 9.17) is 1.37 Å². The SMILES string of the molecule is [2H][C@@]12C[C@]1(C)C[C@@H](C(=O)Nc1nc(Br)ccc1C)N2C(=O)Cn1cc(C(C)=O)c2cc(-c3cnc(C)nc3)cc(C)c21. The van der Waals surface area contributed by atoms with E-state index in [0.717, 1.165) is 33.2 Å². The van der Waals surface area contributed by atoms with E-state index < -0.39 is 17.5 Å². The number of amides is 2. The maximum atomic E-state index is 14.0. The number of carbonyl (C=O) groups excluding carboxylic acids is 3. The minimum absolute atomic E-state index is 0.105. The molecule has 10 heteroatoms. The van der Waals surface area contributed by atoms with E-state index in [1.165, 1.54) is 11.8 Å². The highest BCUT2D eigenvalue weighted by Gasteiger charge is 2.64. The van der Waals surface area contributed by atoms with Gasteiger partial charge in [-0.3, -0.25) is 14.4 Å². The predicted octanol–water partition coefficient (Wildman–Crippen LogP) is 5.40. The number of aryl methyl sites for hydroxylation is 3. The van der Waals surface area contributed by atoms with Gasteiger partial charge in [0, 0.05) is 41.1 Å². The number of anilines is 1. The number of benzene rings is 1. The molecule has 6 rings (SSSR count). The number of halogens is 1. The topological polar surface area (TPSA) is 110 Å². The highest BCUT2D eigenvalue weighted by atomic mass is 79.9. The number of pyridine rings is 1. The van der Waals surface area contributed by atoms with E-state index >= 15 is 0 Å². The van der Waals surface area contributed by atoms with Gasteiger partial charge in [0.2, 0.25) is 11.8 Å². The lowest BCUT2D eigenvalue weighted by Gasteiger charge is -2.27. The number of carbonyl (C=O) groups is 3. The molecule has 210 valence electrons. The molecule has 3 atom stereocenters. The van der Waals surface area contributed by atoms with Crippen LogP contribution in [0.3, 0.4) is 0 Å². The Labute approximate surface area is 247 Å². The van der Waals surface area contributed by atoms with Crippen LogP contribution in [0.2, 0.25) is 0 Å². The van der Waals surface area contributed by atoms with E-state index in [1.807, 2.05) is 45.9 Å². The summed E-state index contributed by atoms with van der Waals surface area (Å²) in [5, 5.41) is 3.61. The zero-order valence-electron chi connectivity index (χ0n) is 24.6. The zero-order valence-corrected chi connectivity index (χ0v) is 25.2. The van der Waals surface area contributed by atoms with Gasteiger partial charge in [0.15, 0.2) is 5.78 Å². The smallest absolute Gasteiger partial charge is 0.248 e. The number of piperidine rings is 1. The Balaban J connectivity index is 1.34. The van der Waals surface area contributed by atoms with Crippen molar-refractivity contribution in [3.63, 3.8) is 0 Å². The van der Waals surface area contributed by atoms with Crippen LogP contribution in [0.15, 0.2) is 47.5 Å². The van der Waals surface area contributed by atoms with Crippen LogP contribution in [-0.2, 0) is 16.1 Å². The third kappa shape index (κ3) is 4.84. The molecule has 1 aliphatic carbocycles. The van der Waals surface area contributed by atoms with Crippen molar-refractivity contribution in [1.82, 2.24) is 24.4 Å². The van der Waals surface area contributed by atoms with Gasteiger partial charge in [-0.2, -0.15) is 0 Å². The summed E-state index contributed by atoms with van der Waals surface area (Å²) >= 11 is 3.34. The molecule has 4 heterocycles. The van der Waals surface area contributed by atoms with Crippen molar-refractivity contribution in [2.45, 2.75) is 66.1 Å². The number of nitrogens with zero attached hydrogens (tertiary/aromatic N) is 5. The molecule has 1 saturated carbocycles. The number of Topliss-reactive ketones (excluding diaryl/α,β-unsaturated/α-hetero) is 1. The van der Waals surface area contributed by atoms with Gasteiger partial charge < -0.3 is 14.8 Å². The highest BCUT2D eigenvalue weighted by Crippen LogP contribution is 2.59. The van der Waals surface area contributed by atoms with Crippen LogP contribution in [0.1, 0.15) is 55.4 Å². The van der Waals surface area contributed by atoms with Crippen molar-refractivity contribution in [1.29, 1.82) is 0 Å². The Bertz CT molecular complexity index is 1800. The Kier molecular flexibility index (Phi) is 6.26. The maximum Gasteiger partial charge on any atom is 0.248 e. The minimum atomic E-state index is -1.16. The van der Waals surface area contributed by atoms with E-state index in [2.05, 4.69) is 36.2 Å². The largest absolute Gasteiger partial charge is 0.337 e. The fourth-order valence-corrected chi connectivity index (χ4v) is 6.26. The van der Waals surface area contributed by atoms with Crippen LogP contribution in [0, 0.1) is 26.2 Å². The first kappa shape index (κ1) is 26.0. The Morgan fingerprint density at radius 1 is 1.10 bits per heavy atom. The molecule has 1 saturated heterocycles. The molecule has 2 aliphatic rings. The summed E-state index contributed by atoms with van der Waals surface area (Å²) in [7, 11) is 0. The second-order valence-corrected chi connectivity index (χ2v) is 12.2. The van der Waals surface area contributed by atoms with Gasteiger partial charge in [0.05, 0.1) is 6.89 Å². The lowest BCUT2D eigenvalue weighted by Crippen LogP contribution is -2.46. The van der Waals surface area contributed by atoms with E-state index in [1.54, 1.807) is 29.2 Å². The molecule has 0 bridgehead atoms. The quantitative estimate of drug-likeness (QED) is 0.230. The lowest BCUT2D eigenvalue weighted by molar-refractivity contribution is -0.138. The molecule has 1 N–H and O–H groups in total. The van der Waals surface area contributed by atoms with Crippen molar-refractivity contribution >= 4 is 50.2 Å². The van der Waals surface area contributed by atoms with Gasteiger partial charge in [-0.1, -0.05) is 13.0 Å². The second kappa shape index (κ2) is 9.87. The number of fused-ring (bicyclic) bond motifs is 2. The van der Waals surface area contributed by atoms with Crippen LogP contribution >= 0.6 is 15.9 Å². The maximum absolute atomic E-state index is 14.0. The van der Waals surface area contributed by atoms with Gasteiger partial charge >= 0.3 is 0 Å². The number of hydrogen-bond acceptors (Lipinski definition) is 6. The minimum Gasteiger partial charge on any atom is -0.337 e. The van der Waals surface area contributed by atoms with Gasteiger partial charge in [-0.25, -0.2) is 15.0 Å². The van der Waals surface area contributed by atoms with Crippen molar-refractivity contribution in [2.24, 2.45) is 5.41 Å². The second-order valence-electron chi connectivity index (χ2n) is 11.4. The first-order valence-corrected chi connectivity index (χ1v) is 14.3. The Morgan fingerprint density at radius 2 is 1.83 bits per heavy atom. The normalized spacial score (nSPS) is 23.3. The van der Waals surface area contributed by atoms with Crippen molar-refractivity contribution in [2.75, 3.05) is 5.32 Å². The third-order valence-electron chi connectivity index (χ3n) is 8.21. The standard InChI is InChI=1S/C31H31BrN6O3/c1-16-6-7-26(32)35-29(16)36-30(41)24-10-31(5)11-25(31)38(24)27(40)15-37-14-23(18(3)39)22-9-20(8-17(2)28(22)37)21-12-33-19(4)34-13-21/h6-9,12-14,24-25H,10-11,15H2,1-5H3,(H,35,36,41)/t24-,25+,31-/m0/s1/i25D. The first-order valence-electron chi connectivity index (χ1n) is 14.0. The number of rotatable bonds is 6. The number of nitrogens with one attached hydrogen (secondary N) is 1. The summed E-state index contributed by atoms with van der Waals surface area (Å²) in [6.45, 7) is 8.96. The molecule has 41 heavy (non-hydrogen) atoms.